The van der Waals surface area contributed by atoms with E-state index in [4.69, 9.17) is 9.79 Å². The van der Waals surface area contributed by atoms with Crippen LogP contribution in [0.3, 0.4) is 0 Å². The molecule has 50 valence electrons. The first kappa shape index (κ1) is 8.41. The average molecular weight is 146 g/mol. The Morgan fingerprint density at radius 2 is 2.11 bits per heavy atom. The van der Waals surface area contributed by atoms with Gasteiger partial charge in [0.1, 0.15) is 5.31 Å². The van der Waals surface area contributed by atoms with Crippen LogP contribution in [0.1, 0.15) is 0 Å². The van der Waals surface area contributed by atoms with Gasteiger partial charge >= 0.3 is 7.60 Å². The summed E-state index contributed by atoms with van der Waals surface area (Å²) < 4.78 is 10.3. The van der Waals surface area contributed by atoms with Crippen LogP contribution < -0.4 is 0 Å². The fourth-order valence-corrected chi connectivity index (χ4v) is 0.738. The van der Waals surface area contributed by atoms with Gasteiger partial charge < -0.3 is 9.79 Å². The van der Waals surface area contributed by atoms with Crippen molar-refractivity contribution in [2.24, 2.45) is 0 Å². The Labute approximate surface area is 53.2 Å². The predicted molar refractivity (Wildman–Crippen MR) is 34.9 cm³/mol. The maximum Gasteiger partial charge on any atom is 0.363 e. The molecule has 9 heavy (non-hydrogen) atoms. The molecule has 2 N–H and O–H groups in total. The molecule has 0 atom stereocenters. The lowest BCUT2D eigenvalue weighted by atomic mass is 10.6. The lowest BCUT2D eigenvalue weighted by Gasteiger charge is -1.98. The molecule has 0 rings (SSSR count). The van der Waals surface area contributed by atoms with Crippen LogP contribution >= 0.6 is 7.60 Å². The van der Waals surface area contributed by atoms with Gasteiger partial charge in [0.05, 0.1) is 0 Å². The molecule has 0 aromatic carbocycles. The number of allylic oxidation sites excluding steroid dienone is 2. The summed E-state index contributed by atoms with van der Waals surface area (Å²) in [7, 11) is -4.15. The lowest BCUT2D eigenvalue weighted by molar-refractivity contribution is 0.383. The third kappa shape index (κ3) is 2.45. The summed E-state index contributed by atoms with van der Waals surface area (Å²) in [4.78, 5) is 16.8. The second-order valence-electron chi connectivity index (χ2n) is 1.31. The van der Waals surface area contributed by atoms with Crippen molar-refractivity contribution in [2.45, 2.75) is 0 Å². The monoisotopic (exact) mass is 146 g/mol. The summed E-state index contributed by atoms with van der Waals surface area (Å²) in [6.07, 6.45) is 1.04. The van der Waals surface area contributed by atoms with E-state index in [1.54, 1.807) is 0 Å². The first-order valence-corrected chi connectivity index (χ1v) is 3.72. The zero-order valence-corrected chi connectivity index (χ0v) is 5.64. The van der Waals surface area contributed by atoms with E-state index >= 15 is 0 Å². The van der Waals surface area contributed by atoms with Crippen molar-refractivity contribution in [3.05, 3.63) is 30.3 Å². The molecule has 0 unspecified atom stereocenters. The minimum atomic E-state index is -4.15. The molecular weight excluding hydrogens is 139 g/mol. The average Bonchev–Trinajstić information content (AvgIpc) is 1.65. The van der Waals surface area contributed by atoms with Crippen LogP contribution in [0.15, 0.2) is 30.3 Å². The molecule has 0 radical (unpaired) electrons. The summed E-state index contributed by atoms with van der Waals surface area (Å²) in [6.45, 7) is 6.24. The Morgan fingerprint density at radius 1 is 1.67 bits per heavy atom. The van der Waals surface area contributed by atoms with Crippen molar-refractivity contribution in [1.29, 1.82) is 0 Å². The SMILES string of the molecule is C=C=C(C=C)P(=O)(O)O. The van der Waals surface area contributed by atoms with E-state index in [1.807, 2.05) is 0 Å². The first-order valence-electron chi connectivity index (χ1n) is 2.11. The minimum absolute atomic E-state index is 0.262. The van der Waals surface area contributed by atoms with Crippen molar-refractivity contribution < 1.29 is 14.4 Å². The van der Waals surface area contributed by atoms with E-state index < -0.39 is 7.60 Å². The van der Waals surface area contributed by atoms with Gasteiger partial charge in [0.2, 0.25) is 0 Å². The molecule has 0 bridgehead atoms. The Balaban J connectivity index is 4.76. The van der Waals surface area contributed by atoms with E-state index in [2.05, 4.69) is 18.9 Å². The molecule has 0 aromatic rings. The van der Waals surface area contributed by atoms with E-state index in [-0.39, 0.29) is 5.31 Å². The summed E-state index contributed by atoms with van der Waals surface area (Å²) in [6, 6.07) is 0. The van der Waals surface area contributed by atoms with Crippen LogP contribution in [0.25, 0.3) is 0 Å². The fourth-order valence-electron chi connectivity index (χ4n) is 0.294. The third-order valence-corrected chi connectivity index (χ3v) is 1.66. The second kappa shape index (κ2) is 2.81. The van der Waals surface area contributed by atoms with E-state index in [0.717, 1.165) is 6.08 Å². The van der Waals surface area contributed by atoms with Crippen molar-refractivity contribution in [3.8, 4) is 0 Å². The molecule has 0 heterocycles. The smallest absolute Gasteiger partial charge is 0.321 e. The highest BCUT2D eigenvalue weighted by atomic mass is 31.2. The van der Waals surface area contributed by atoms with Gasteiger partial charge in [-0.25, -0.2) is 0 Å². The van der Waals surface area contributed by atoms with Gasteiger partial charge in [0, 0.05) is 0 Å². The maximum atomic E-state index is 10.3. The van der Waals surface area contributed by atoms with E-state index in [1.165, 1.54) is 0 Å². The van der Waals surface area contributed by atoms with Gasteiger partial charge in [-0.15, -0.1) is 5.73 Å². The van der Waals surface area contributed by atoms with Crippen molar-refractivity contribution in [1.82, 2.24) is 0 Å². The van der Waals surface area contributed by atoms with Crippen LogP contribution in [0.5, 0.6) is 0 Å². The molecular formula is C5H7O3P. The van der Waals surface area contributed by atoms with Gasteiger partial charge in [-0.3, -0.25) is 4.57 Å². The zero-order chi connectivity index (χ0) is 7.49. The van der Waals surface area contributed by atoms with Crippen LogP contribution in [0.2, 0.25) is 0 Å². The van der Waals surface area contributed by atoms with Gasteiger partial charge in [-0.1, -0.05) is 13.2 Å². The molecule has 0 saturated heterocycles. The molecule has 4 heteroatoms. The number of rotatable bonds is 2. The normalized spacial score (nSPS) is 10.0. The molecule has 0 fully saturated rings. The van der Waals surface area contributed by atoms with E-state index in [0.29, 0.717) is 0 Å². The Morgan fingerprint density at radius 3 is 2.11 bits per heavy atom. The molecule has 0 aromatic heterocycles. The number of hydrogen-bond acceptors (Lipinski definition) is 1. The summed E-state index contributed by atoms with van der Waals surface area (Å²) in [5.41, 5.74) is 2.08. The standard InChI is InChI=1S/C5H7O3P/c1-3-5(4-2)9(6,7)8/h3H,1-2H2,(H2,6,7,8). The summed E-state index contributed by atoms with van der Waals surface area (Å²) >= 11 is 0. The van der Waals surface area contributed by atoms with Gasteiger partial charge in [-0.2, -0.15) is 0 Å². The lowest BCUT2D eigenvalue weighted by Crippen LogP contribution is -1.77. The number of hydrogen-bond donors (Lipinski definition) is 2. The minimum Gasteiger partial charge on any atom is -0.321 e. The predicted octanol–water partition coefficient (Wildman–Crippen LogP) is 1.02. The highest BCUT2D eigenvalue weighted by Crippen LogP contribution is 2.44. The van der Waals surface area contributed by atoms with Gasteiger partial charge in [0.25, 0.3) is 0 Å². The van der Waals surface area contributed by atoms with Crippen molar-refractivity contribution in [3.63, 3.8) is 0 Å². The molecule has 0 saturated carbocycles. The highest BCUT2D eigenvalue weighted by Gasteiger charge is 2.15. The van der Waals surface area contributed by atoms with E-state index in [9.17, 15) is 4.57 Å². The maximum absolute atomic E-state index is 10.3. The van der Waals surface area contributed by atoms with Gasteiger partial charge in [0.15, 0.2) is 0 Å². The third-order valence-electron chi connectivity index (χ3n) is 0.688. The second-order valence-corrected chi connectivity index (χ2v) is 2.88. The Kier molecular flexibility index (Phi) is 2.63. The molecule has 0 aliphatic rings. The topological polar surface area (TPSA) is 57.5 Å². The highest BCUT2D eigenvalue weighted by molar-refractivity contribution is 7.56. The Bertz CT molecular complexity index is 206. The fraction of sp³-hybridized carbons (Fsp3) is 0. The van der Waals surface area contributed by atoms with Crippen molar-refractivity contribution in [2.75, 3.05) is 0 Å². The van der Waals surface area contributed by atoms with Crippen molar-refractivity contribution >= 4 is 7.60 Å². The van der Waals surface area contributed by atoms with Gasteiger partial charge in [-0.05, 0) is 6.08 Å². The zero-order valence-electron chi connectivity index (χ0n) is 4.74. The summed E-state index contributed by atoms with van der Waals surface area (Å²) in [5.74, 6) is 0. The van der Waals surface area contributed by atoms with Crippen LogP contribution in [-0.2, 0) is 4.57 Å². The molecule has 3 nitrogen and oxygen atoms in total. The quantitative estimate of drug-likeness (QED) is 0.347. The summed E-state index contributed by atoms with van der Waals surface area (Å²) in [5, 5.41) is -0.262. The first-order chi connectivity index (χ1) is 4.02. The Hall–Kier alpha value is -0.590. The van der Waals surface area contributed by atoms with Crippen LogP contribution in [-0.4, -0.2) is 9.79 Å². The molecule has 0 aliphatic heterocycles. The molecule has 0 spiro atoms. The molecule has 0 amide bonds. The van der Waals surface area contributed by atoms with Crippen LogP contribution in [0, 0.1) is 0 Å². The largest absolute Gasteiger partial charge is 0.363 e. The molecule has 0 aliphatic carbocycles. The van der Waals surface area contributed by atoms with Crippen LogP contribution in [0.4, 0.5) is 0 Å².